The zero-order valence-corrected chi connectivity index (χ0v) is 12.6. The lowest BCUT2D eigenvalue weighted by atomic mass is 10.2. The van der Waals surface area contributed by atoms with Crippen molar-refractivity contribution in [1.82, 2.24) is 4.98 Å². The van der Waals surface area contributed by atoms with Crippen molar-refractivity contribution in [3.8, 4) is 28.9 Å². The predicted molar refractivity (Wildman–Crippen MR) is 79.8 cm³/mol. The summed E-state index contributed by atoms with van der Waals surface area (Å²) in [7, 11) is 4.57. The lowest BCUT2D eigenvalue weighted by molar-refractivity contribution is 0.320. The predicted octanol–water partition coefficient (Wildman–Crippen LogP) is 3.14. The van der Waals surface area contributed by atoms with Gasteiger partial charge in [-0.1, -0.05) is 11.6 Å². The molecule has 0 saturated heterocycles. The molecule has 0 fully saturated rings. The minimum absolute atomic E-state index is 0.236. The number of hydrogen-bond acceptors (Lipinski definition) is 6. The first-order chi connectivity index (χ1) is 10.1. The number of methoxy groups -OCH3 is 3. The number of pyridine rings is 1. The summed E-state index contributed by atoms with van der Waals surface area (Å²) in [5, 5.41) is 0.309. The van der Waals surface area contributed by atoms with Crippen molar-refractivity contribution < 1.29 is 18.9 Å². The van der Waals surface area contributed by atoms with E-state index in [-0.39, 0.29) is 5.88 Å². The van der Waals surface area contributed by atoms with Crippen LogP contribution in [0.4, 0.5) is 5.69 Å². The fraction of sp³-hybridized carbons (Fsp3) is 0.214. The van der Waals surface area contributed by atoms with Crippen LogP contribution in [0.3, 0.4) is 0 Å². The Hall–Kier alpha value is -2.34. The van der Waals surface area contributed by atoms with Gasteiger partial charge in [-0.25, -0.2) is 4.98 Å². The summed E-state index contributed by atoms with van der Waals surface area (Å²) in [6.07, 6.45) is 1.46. The van der Waals surface area contributed by atoms with Crippen LogP contribution in [0.15, 0.2) is 24.4 Å². The smallest absolute Gasteiger partial charge is 0.238 e. The molecule has 6 nitrogen and oxygen atoms in total. The van der Waals surface area contributed by atoms with Crippen LogP contribution >= 0.6 is 11.6 Å². The van der Waals surface area contributed by atoms with Gasteiger partial charge in [-0.05, 0) is 6.07 Å². The first-order valence-corrected chi connectivity index (χ1v) is 6.35. The van der Waals surface area contributed by atoms with E-state index in [1.54, 1.807) is 18.2 Å². The first-order valence-electron chi connectivity index (χ1n) is 5.98. The lowest BCUT2D eigenvalue weighted by Crippen LogP contribution is -1.97. The van der Waals surface area contributed by atoms with E-state index in [1.807, 2.05) is 0 Å². The molecule has 0 bridgehead atoms. The average Bonchev–Trinajstić information content (AvgIpc) is 2.49. The fourth-order valence-electron chi connectivity index (χ4n) is 1.74. The normalized spacial score (nSPS) is 10.1. The second-order valence-corrected chi connectivity index (χ2v) is 4.43. The lowest BCUT2D eigenvalue weighted by Gasteiger charge is -2.14. The molecule has 21 heavy (non-hydrogen) atoms. The SMILES string of the molecule is COc1cc(Oc2ncc(N)cc2Cl)cc(OC)c1OC. The molecule has 0 unspecified atom stereocenters. The van der Waals surface area contributed by atoms with Gasteiger partial charge in [0.05, 0.1) is 33.2 Å². The van der Waals surface area contributed by atoms with Gasteiger partial charge >= 0.3 is 0 Å². The molecule has 112 valence electrons. The molecular formula is C14H15ClN2O4. The number of benzene rings is 1. The van der Waals surface area contributed by atoms with E-state index in [1.165, 1.54) is 27.5 Å². The quantitative estimate of drug-likeness (QED) is 0.914. The van der Waals surface area contributed by atoms with E-state index < -0.39 is 0 Å². The minimum Gasteiger partial charge on any atom is -0.493 e. The number of aromatic nitrogens is 1. The molecule has 1 heterocycles. The molecule has 0 saturated carbocycles. The Kier molecular flexibility index (Phi) is 4.59. The van der Waals surface area contributed by atoms with E-state index in [9.17, 15) is 0 Å². The molecule has 7 heteroatoms. The van der Waals surface area contributed by atoms with Gasteiger partial charge in [-0.3, -0.25) is 0 Å². The highest BCUT2D eigenvalue weighted by Crippen LogP contribution is 2.42. The second kappa shape index (κ2) is 6.41. The van der Waals surface area contributed by atoms with Crippen LogP contribution in [0.25, 0.3) is 0 Å². The summed E-state index contributed by atoms with van der Waals surface area (Å²) in [5.74, 6) is 2.10. The number of nitrogen functional groups attached to an aromatic ring is 1. The van der Waals surface area contributed by atoms with Crippen molar-refractivity contribution in [2.75, 3.05) is 27.1 Å². The Morgan fingerprint density at radius 2 is 1.62 bits per heavy atom. The fourth-order valence-corrected chi connectivity index (χ4v) is 1.96. The molecule has 0 radical (unpaired) electrons. The molecule has 0 spiro atoms. The third kappa shape index (κ3) is 3.22. The highest BCUT2D eigenvalue weighted by atomic mass is 35.5. The number of halogens is 1. The van der Waals surface area contributed by atoms with Crippen LogP contribution in [-0.4, -0.2) is 26.3 Å². The largest absolute Gasteiger partial charge is 0.493 e. The maximum Gasteiger partial charge on any atom is 0.238 e. The van der Waals surface area contributed by atoms with E-state index in [0.29, 0.717) is 33.7 Å². The van der Waals surface area contributed by atoms with Crippen LogP contribution in [-0.2, 0) is 0 Å². The summed E-state index contributed by atoms with van der Waals surface area (Å²) >= 11 is 6.03. The molecule has 2 rings (SSSR count). The Morgan fingerprint density at radius 1 is 1.00 bits per heavy atom. The van der Waals surface area contributed by atoms with Gasteiger partial charge in [-0.15, -0.1) is 0 Å². The van der Waals surface area contributed by atoms with Gasteiger partial charge in [0.1, 0.15) is 10.8 Å². The summed E-state index contributed by atoms with van der Waals surface area (Å²) in [5.41, 5.74) is 6.05. The summed E-state index contributed by atoms with van der Waals surface area (Å²) in [6.45, 7) is 0. The molecule has 0 aliphatic heterocycles. The maximum absolute atomic E-state index is 6.03. The molecular weight excluding hydrogens is 296 g/mol. The third-order valence-corrected chi connectivity index (χ3v) is 2.95. The molecule has 2 N–H and O–H groups in total. The van der Waals surface area contributed by atoms with Crippen molar-refractivity contribution in [2.24, 2.45) is 0 Å². The van der Waals surface area contributed by atoms with E-state index in [4.69, 9.17) is 36.3 Å². The zero-order chi connectivity index (χ0) is 15.4. The van der Waals surface area contributed by atoms with Crippen LogP contribution in [0.5, 0.6) is 28.9 Å². The number of ether oxygens (including phenoxy) is 4. The number of anilines is 1. The summed E-state index contributed by atoms with van der Waals surface area (Å²) in [6, 6.07) is 4.85. The Balaban J connectivity index is 2.40. The Morgan fingerprint density at radius 3 is 2.10 bits per heavy atom. The van der Waals surface area contributed by atoms with E-state index in [0.717, 1.165) is 0 Å². The van der Waals surface area contributed by atoms with Gasteiger partial charge in [-0.2, -0.15) is 0 Å². The zero-order valence-electron chi connectivity index (χ0n) is 11.8. The van der Waals surface area contributed by atoms with Crippen LogP contribution in [0, 0.1) is 0 Å². The standard InChI is InChI=1S/C14H15ClN2O4/c1-18-11-5-9(6-12(19-2)13(11)20-3)21-14-10(15)4-8(16)7-17-14/h4-7H,16H2,1-3H3. The summed E-state index contributed by atoms with van der Waals surface area (Å²) < 4.78 is 21.4. The molecule has 1 aromatic carbocycles. The van der Waals surface area contributed by atoms with Crippen LogP contribution in [0.1, 0.15) is 0 Å². The molecule has 1 aromatic heterocycles. The van der Waals surface area contributed by atoms with Crippen molar-refractivity contribution in [2.45, 2.75) is 0 Å². The summed E-state index contributed by atoms with van der Waals surface area (Å²) in [4.78, 5) is 4.03. The average molecular weight is 311 g/mol. The van der Waals surface area contributed by atoms with Crippen molar-refractivity contribution >= 4 is 17.3 Å². The maximum atomic E-state index is 6.03. The van der Waals surface area contributed by atoms with E-state index in [2.05, 4.69) is 4.98 Å². The Bertz CT molecular complexity index is 624. The molecule has 0 aliphatic carbocycles. The Labute approximate surface area is 127 Å². The highest BCUT2D eigenvalue weighted by Gasteiger charge is 2.15. The van der Waals surface area contributed by atoms with Gasteiger partial charge in [0.2, 0.25) is 11.6 Å². The molecule has 2 aromatic rings. The third-order valence-electron chi connectivity index (χ3n) is 2.68. The van der Waals surface area contributed by atoms with Gasteiger partial charge in [0, 0.05) is 12.1 Å². The van der Waals surface area contributed by atoms with Crippen LogP contribution in [0.2, 0.25) is 5.02 Å². The number of rotatable bonds is 5. The van der Waals surface area contributed by atoms with Crippen molar-refractivity contribution in [3.05, 3.63) is 29.4 Å². The van der Waals surface area contributed by atoms with Crippen molar-refractivity contribution in [3.63, 3.8) is 0 Å². The van der Waals surface area contributed by atoms with Gasteiger partial charge in [0.15, 0.2) is 11.5 Å². The minimum atomic E-state index is 0.236. The highest BCUT2D eigenvalue weighted by molar-refractivity contribution is 6.32. The van der Waals surface area contributed by atoms with Crippen LogP contribution < -0.4 is 24.7 Å². The monoisotopic (exact) mass is 310 g/mol. The number of nitrogens with two attached hydrogens (primary N) is 1. The number of hydrogen-bond donors (Lipinski definition) is 1. The molecule has 0 atom stereocenters. The van der Waals surface area contributed by atoms with Gasteiger partial charge in [0.25, 0.3) is 0 Å². The number of nitrogens with zero attached hydrogens (tertiary/aromatic N) is 1. The van der Waals surface area contributed by atoms with E-state index >= 15 is 0 Å². The first kappa shape index (κ1) is 15.1. The van der Waals surface area contributed by atoms with Gasteiger partial charge < -0.3 is 24.7 Å². The molecule has 0 aliphatic rings. The van der Waals surface area contributed by atoms with Crippen molar-refractivity contribution in [1.29, 1.82) is 0 Å². The topological polar surface area (TPSA) is 75.8 Å². The second-order valence-electron chi connectivity index (χ2n) is 4.02. The molecule has 0 amide bonds.